The lowest BCUT2D eigenvalue weighted by atomic mass is 9.93. The van der Waals surface area contributed by atoms with Crippen molar-refractivity contribution in [2.45, 2.75) is 37.9 Å². The maximum atomic E-state index is 12.7. The highest BCUT2D eigenvalue weighted by molar-refractivity contribution is 5.91. The van der Waals surface area contributed by atoms with E-state index in [1.165, 1.54) is 0 Å². The number of likely N-dealkylation sites (tertiary alicyclic amines) is 1. The molecule has 0 aliphatic carbocycles. The van der Waals surface area contributed by atoms with Gasteiger partial charge in [0.15, 0.2) is 5.76 Å². The molecule has 3 rings (SSSR count). The van der Waals surface area contributed by atoms with E-state index < -0.39 is 6.29 Å². The fourth-order valence-electron chi connectivity index (χ4n) is 3.76. The smallest absolute Gasteiger partial charge is 0.286 e. The molecule has 1 aromatic rings. The van der Waals surface area contributed by atoms with Crippen molar-refractivity contribution in [2.24, 2.45) is 0 Å². The van der Waals surface area contributed by atoms with Gasteiger partial charge < -0.3 is 29.5 Å². The number of aliphatic hydroxyl groups is 1. The van der Waals surface area contributed by atoms with Gasteiger partial charge in [0.05, 0.1) is 26.4 Å². The zero-order chi connectivity index (χ0) is 21.9. The molecule has 2 amide bonds. The molecule has 1 saturated heterocycles. The van der Waals surface area contributed by atoms with Crippen LogP contribution in [0.3, 0.4) is 0 Å². The molecule has 0 bridgehead atoms. The Morgan fingerprint density at radius 2 is 2.06 bits per heavy atom. The number of hydrogen-bond donors (Lipinski definition) is 2. The summed E-state index contributed by atoms with van der Waals surface area (Å²) in [4.78, 5) is 26.2. The second-order valence-electron chi connectivity index (χ2n) is 7.63. The van der Waals surface area contributed by atoms with Crippen molar-refractivity contribution in [3.05, 3.63) is 47.7 Å². The summed E-state index contributed by atoms with van der Waals surface area (Å²) in [6, 6.07) is 9.94. The lowest BCUT2D eigenvalue weighted by molar-refractivity contribution is -0.151. The first-order chi connectivity index (χ1) is 15.2. The van der Waals surface area contributed by atoms with Gasteiger partial charge in [0.1, 0.15) is 0 Å². The van der Waals surface area contributed by atoms with E-state index in [1.807, 2.05) is 41.3 Å². The van der Waals surface area contributed by atoms with Crippen molar-refractivity contribution < 1.29 is 28.9 Å². The van der Waals surface area contributed by atoms with Crippen LogP contribution in [-0.4, -0.2) is 74.2 Å². The maximum Gasteiger partial charge on any atom is 0.286 e. The Morgan fingerprint density at radius 3 is 2.81 bits per heavy atom. The number of rotatable bonds is 12. The van der Waals surface area contributed by atoms with Gasteiger partial charge in [-0.2, -0.15) is 0 Å². The predicted molar refractivity (Wildman–Crippen MR) is 114 cm³/mol. The molecule has 170 valence electrons. The van der Waals surface area contributed by atoms with Gasteiger partial charge >= 0.3 is 0 Å². The Hall–Kier alpha value is -2.42. The fourth-order valence-corrected chi connectivity index (χ4v) is 3.76. The van der Waals surface area contributed by atoms with Gasteiger partial charge in [-0.1, -0.05) is 30.3 Å². The second kappa shape index (κ2) is 12.4. The topological polar surface area (TPSA) is 97.3 Å². The molecular weight excluding hydrogens is 400 g/mol. The minimum atomic E-state index is -0.559. The molecular formula is C23H32N2O6. The number of aliphatic hydroxyl groups excluding tert-OH is 1. The summed E-state index contributed by atoms with van der Waals surface area (Å²) in [6.07, 6.45) is 4.12. The van der Waals surface area contributed by atoms with E-state index in [2.05, 4.69) is 5.32 Å². The van der Waals surface area contributed by atoms with Gasteiger partial charge in [-0.3, -0.25) is 9.59 Å². The van der Waals surface area contributed by atoms with Gasteiger partial charge in [-0.05, 0) is 24.5 Å². The fraction of sp³-hybridized carbons (Fsp3) is 0.565. The van der Waals surface area contributed by atoms with Crippen LogP contribution in [0.15, 0.2) is 42.2 Å². The summed E-state index contributed by atoms with van der Waals surface area (Å²) in [7, 11) is 0. The molecule has 0 aromatic heterocycles. The third kappa shape index (κ3) is 7.34. The lowest BCUT2D eigenvalue weighted by Gasteiger charge is -2.29. The molecule has 0 saturated carbocycles. The van der Waals surface area contributed by atoms with Crippen molar-refractivity contribution in [3.63, 3.8) is 0 Å². The number of ether oxygens (including phenoxy) is 3. The van der Waals surface area contributed by atoms with E-state index in [4.69, 9.17) is 19.3 Å². The summed E-state index contributed by atoms with van der Waals surface area (Å²) in [5.41, 5.74) is 1.09. The quantitative estimate of drug-likeness (QED) is 0.487. The number of benzene rings is 1. The molecule has 2 aliphatic heterocycles. The summed E-state index contributed by atoms with van der Waals surface area (Å²) in [5, 5.41) is 11.7. The van der Waals surface area contributed by atoms with Crippen LogP contribution in [0, 0.1) is 0 Å². The predicted octanol–water partition coefficient (Wildman–Crippen LogP) is 1.55. The highest BCUT2D eigenvalue weighted by Gasteiger charge is 2.28. The molecule has 2 aliphatic rings. The number of nitrogens with zero attached hydrogens (tertiary/aromatic N) is 1. The Labute approximate surface area is 183 Å². The standard InChI is InChI=1S/C23H32N2O6/c26-12-13-29-14-15-30-22-17-19(18-6-2-1-3-7-18)16-20(31-22)23(28)24-9-5-11-25-10-4-8-21(25)27/h1-3,6-7,16,19,22,26H,4-5,8-15,17H2,(H,24,28). The Bertz CT molecular complexity index is 739. The largest absolute Gasteiger partial charge is 0.459 e. The van der Waals surface area contributed by atoms with Gasteiger partial charge in [0.25, 0.3) is 5.91 Å². The molecule has 0 radical (unpaired) electrons. The zero-order valence-electron chi connectivity index (χ0n) is 17.8. The molecule has 0 spiro atoms. The first kappa shape index (κ1) is 23.2. The van der Waals surface area contributed by atoms with E-state index in [0.717, 1.165) is 18.5 Å². The normalized spacial score (nSPS) is 21.0. The number of carbonyl (C=O) groups is 2. The highest BCUT2D eigenvalue weighted by Crippen LogP contribution is 2.31. The van der Waals surface area contributed by atoms with E-state index in [0.29, 0.717) is 45.6 Å². The number of allylic oxidation sites excluding steroid dienone is 1. The summed E-state index contributed by atoms with van der Waals surface area (Å²) >= 11 is 0. The van der Waals surface area contributed by atoms with Crippen LogP contribution in [0.25, 0.3) is 0 Å². The number of hydrogen-bond acceptors (Lipinski definition) is 6. The maximum absolute atomic E-state index is 12.7. The average Bonchev–Trinajstić information content (AvgIpc) is 3.21. The molecule has 8 heteroatoms. The van der Waals surface area contributed by atoms with Crippen LogP contribution >= 0.6 is 0 Å². The van der Waals surface area contributed by atoms with Gasteiger partial charge in [0.2, 0.25) is 12.2 Å². The first-order valence-corrected chi connectivity index (χ1v) is 11.0. The number of nitrogens with one attached hydrogen (secondary N) is 1. The molecule has 1 fully saturated rings. The summed E-state index contributed by atoms with van der Waals surface area (Å²) in [6.45, 7) is 2.82. The molecule has 2 heterocycles. The zero-order valence-corrected chi connectivity index (χ0v) is 17.8. The third-order valence-corrected chi connectivity index (χ3v) is 5.34. The molecule has 2 N–H and O–H groups in total. The Morgan fingerprint density at radius 1 is 1.23 bits per heavy atom. The highest BCUT2D eigenvalue weighted by atomic mass is 16.7. The Balaban J connectivity index is 1.53. The minimum Gasteiger partial charge on any atom is -0.459 e. The first-order valence-electron chi connectivity index (χ1n) is 11.0. The molecule has 8 nitrogen and oxygen atoms in total. The summed E-state index contributed by atoms with van der Waals surface area (Å²) < 4.78 is 16.8. The van der Waals surface area contributed by atoms with Gasteiger partial charge in [-0.15, -0.1) is 0 Å². The average molecular weight is 433 g/mol. The van der Waals surface area contributed by atoms with Crippen molar-refractivity contribution in [2.75, 3.05) is 46.1 Å². The summed E-state index contributed by atoms with van der Waals surface area (Å²) in [5.74, 6) is 0.164. The molecule has 2 unspecified atom stereocenters. The van der Waals surface area contributed by atoms with E-state index in [1.54, 1.807) is 0 Å². The van der Waals surface area contributed by atoms with E-state index >= 15 is 0 Å². The second-order valence-corrected chi connectivity index (χ2v) is 7.63. The molecule has 31 heavy (non-hydrogen) atoms. The van der Waals surface area contributed by atoms with E-state index in [9.17, 15) is 9.59 Å². The van der Waals surface area contributed by atoms with Crippen molar-refractivity contribution >= 4 is 11.8 Å². The molecule has 1 aromatic carbocycles. The SMILES string of the molecule is O=C(NCCCN1CCCC1=O)C1=CC(c2ccccc2)CC(OCCOCCO)O1. The minimum absolute atomic E-state index is 0.00119. The number of carbonyl (C=O) groups excluding carboxylic acids is 2. The third-order valence-electron chi connectivity index (χ3n) is 5.34. The van der Waals surface area contributed by atoms with Crippen LogP contribution in [0.1, 0.15) is 37.2 Å². The van der Waals surface area contributed by atoms with Crippen LogP contribution in [0.5, 0.6) is 0 Å². The van der Waals surface area contributed by atoms with Crippen molar-refractivity contribution in [1.29, 1.82) is 0 Å². The van der Waals surface area contributed by atoms with Gasteiger partial charge in [-0.25, -0.2) is 0 Å². The van der Waals surface area contributed by atoms with Crippen molar-refractivity contribution in [3.8, 4) is 0 Å². The van der Waals surface area contributed by atoms with Crippen molar-refractivity contribution in [1.82, 2.24) is 10.2 Å². The molecule has 2 atom stereocenters. The van der Waals surface area contributed by atoms with Crippen LogP contribution in [-0.2, 0) is 23.8 Å². The van der Waals surface area contributed by atoms with Gasteiger partial charge in [0, 0.05) is 38.4 Å². The van der Waals surface area contributed by atoms with Crippen LogP contribution in [0.4, 0.5) is 0 Å². The van der Waals surface area contributed by atoms with Crippen LogP contribution in [0.2, 0.25) is 0 Å². The Kier molecular flexibility index (Phi) is 9.33. The monoisotopic (exact) mass is 432 g/mol. The van der Waals surface area contributed by atoms with E-state index in [-0.39, 0.29) is 36.7 Å². The lowest BCUT2D eigenvalue weighted by Crippen LogP contribution is -2.35. The number of amides is 2. The van der Waals surface area contributed by atoms with Crippen LogP contribution < -0.4 is 5.32 Å².